The summed E-state index contributed by atoms with van der Waals surface area (Å²) in [5, 5.41) is 28.3. The van der Waals surface area contributed by atoms with Crippen molar-refractivity contribution in [1.29, 1.82) is 0 Å². The quantitative estimate of drug-likeness (QED) is 0.205. The van der Waals surface area contributed by atoms with Crippen molar-refractivity contribution in [2.45, 2.75) is 31.9 Å². The van der Waals surface area contributed by atoms with Gasteiger partial charge in [-0.25, -0.2) is 9.97 Å². The van der Waals surface area contributed by atoms with E-state index in [1.165, 1.54) is 0 Å². The molecule has 17 nitrogen and oxygen atoms in total. The van der Waals surface area contributed by atoms with Crippen molar-refractivity contribution in [2.75, 3.05) is 13.2 Å². The molecule has 6 N–H and O–H groups in total. The van der Waals surface area contributed by atoms with Crippen LogP contribution in [-0.2, 0) is 28.4 Å². The van der Waals surface area contributed by atoms with Gasteiger partial charge in [-0.1, -0.05) is 29.3 Å². The van der Waals surface area contributed by atoms with E-state index in [9.17, 15) is 0 Å². The Morgan fingerprint density at radius 2 is 1.73 bits per heavy atom. The monoisotopic (exact) mass is 660 g/mol. The normalized spacial score (nSPS) is 16.6. The fourth-order valence-corrected chi connectivity index (χ4v) is 4.52. The summed E-state index contributed by atoms with van der Waals surface area (Å²) >= 11 is 12.6. The summed E-state index contributed by atoms with van der Waals surface area (Å²) < 4.78 is 22.6. The molecule has 0 bridgehead atoms. The van der Waals surface area contributed by atoms with Crippen molar-refractivity contribution >= 4 is 23.2 Å². The topological polar surface area (TPSA) is 253 Å². The van der Waals surface area contributed by atoms with E-state index in [1.54, 1.807) is 24.7 Å². The fraction of sp³-hybridized carbons (Fsp3) is 0.280. The molecule has 0 aliphatic carbocycles. The molecule has 2 atom stereocenters. The van der Waals surface area contributed by atoms with E-state index < -0.39 is 16.0 Å². The van der Waals surface area contributed by atoms with Crippen LogP contribution in [-0.4, -0.2) is 70.0 Å². The Labute approximate surface area is 259 Å². The van der Waals surface area contributed by atoms with E-state index in [0.29, 0.717) is 35.4 Å². The van der Waals surface area contributed by atoms with Crippen LogP contribution in [0.15, 0.2) is 73.7 Å². The van der Waals surface area contributed by atoms with Gasteiger partial charge < -0.3 is 44.7 Å². The van der Waals surface area contributed by atoms with Gasteiger partial charge in [-0.15, -0.1) is 20.2 Å². The largest absolute Gasteiger partial charge is 0.491 e. The molecule has 0 radical (unpaired) electrons. The summed E-state index contributed by atoms with van der Waals surface area (Å²) in [7, 11) is 0. The second kappa shape index (κ2) is 17.6. The number of aromatic nitrogens is 4. The van der Waals surface area contributed by atoms with Gasteiger partial charge in [0, 0.05) is 41.3 Å². The molecule has 1 fully saturated rings. The van der Waals surface area contributed by atoms with Crippen LogP contribution in [0.5, 0.6) is 5.75 Å². The molecule has 2 aromatic carbocycles. The van der Waals surface area contributed by atoms with Gasteiger partial charge in [0.2, 0.25) is 5.79 Å². The summed E-state index contributed by atoms with van der Waals surface area (Å²) in [5.41, 5.74) is 2.69. The number of hydrogen-bond donors (Lipinski definition) is 2. The average Bonchev–Trinajstić information content (AvgIpc) is 3.69. The number of imidazole rings is 2. The number of rotatable bonds is 8. The van der Waals surface area contributed by atoms with Crippen LogP contribution in [0.1, 0.15) is 12.5 Å². The zero-order valence-corrected chi connectivity index (χ0v) is 24.5. The number of benzene rings is 2. The van der Waals surface area contributed by atoms with Gasteiger partial charge >= 0.3 is 0 Å². The van der Waals surface area contributed by atoms with Crippen molar-refractivity contribution in [2.24, 2.45) is 0 Å². The predicted octanol–water partition coefficient (Wildman–Crippen LogP) is 3.08. The van der Waals surface area contributed by atoms with E-state index in [1.807, 2.05) is 58.2 Å². The molecule has 4 aromatic rings. The van der Waals surface area contributed by atoms with Crippen molar-refractivity contribution in [3.05, 3.63) is 110 Å². The summed E-state index contributed by atoms with van der Waals surface area (Å²) in [6, 6.07) is 13.2. The molecule has 2 unspecified atom stereocenters. The first-order chi connectivity index (χ1) is 20.0. The second-order valence-corrected chi connectivity index (χ2v) is 9.41. The Balaban J connectivity index is 0.000000869. The highest BCUT2D eigenvalue weighted by atomic mass is 35.5. The molecule has 19 heteroatoms. The van der Waals surface area contributed by atoms with Crippen molar-refractivity contribution < 1.29 is 45.8 Å². The summed E-state index contributed by atoms with van der Waals surface area (Å²) in [5.74, 6) is -0.322. The second-order valence-electron chi connectivity index (χ2n) is 8.56. The fourth-order valence-electron chi connectivity index (χ4n) is 3.97. The van der Waals surface area contributed by atoms with Crippen molar-refractivity contribution in [3.8, 4) is 17.0 Å². The number of ether oxygens (including phenoxy) is 3. The molecule has 0 saturated carbocycles. The molecule has 240 valence electrons. The first kappa shape index (κ1) is 37.5. The van der Waals surface area contributed by atoms with Gasteiger partial charge in [0.25, 0.3) is 10.2 Å². The van der Waals surface area contributed by atoms with Gasteiger partial charge in [0.1, 0.15) is 18.5 Å². The third-order valence-electron chi connectivity index (χ3n) is 5.74. The molecule has 1 aliphatic heterocycles. The maximum absolute atomic E-state index is 8.36. The lowest BCUT2D eigenvalue weighted by Crippen LogP contribution is -2.34. The number of halogens is 2. The molecule has 44 heavy (non-hydrogen) atoms. The molecular formula is C25H30Cl2N6O11. The predicted molar refractivity (Wildman–Crippen MR) is 155 cm³/mol. The maximum Gasteiger partial charge on any atom is 0.291 e. The Bertz CT molecular complexity index is 1440. The standard InChI is InChI=1S/C25H24Cl2N4O3.2HNO3.2H2O/c1-2-30-12-24(29-17-30)18-3-6-20(7-4-18)32-13-21-14-33-25(34-21,15-31-10-9-28-16-31)22-8-5-19(26)11-23(22)27;2*2-1(3)4;;/h3-12,16-17,21H,2,13-15H2,1H3;2*(H,2,3,4);2*1H2. The van der Waals surface area contributed by atoms with Crippen molar-refractivity contribution in [1.82, 2.24) is 19.1 Å². The van der Waals surface area contributed by atoms with Gasteiger partial charge in [0.05, 0.1) is 36.5 Å². The zero-order chi connectivity index (χ0) is 30.7. The Morgan fingerprint density at radius 1 is 1.07 bits per heavy atom. The molecule has 0 spiro atoms. The lowest BCUT2D eigenvalue weighted by molar-refractivity contribution is -0.742. The van der Waals surface area contributed by atoms with E-state index in [4.69, 9.17) is 68.1 Å². The SMILES string of the molecule is CCn1cnc(-c2ccc(OCC3COC(Cn4ccnc4)(c4ccc(Cl)cc4Cl)O3)cc2)c1.O.O.O=[N+]([O-])O.O=[N+]([O-])O. The average molecular weight is 661 g/mol. The molecule has 0 amide bonds. The smallest absolute Gasteiger partial charge is 0.291 e. The highest BCUT2D eigenvalue weighted by molar-refractivity contribution is 6.35. The Kier molecular flexibility index (Phi) is 15.0. The third-order valence-corrected chi connectivity index (χ3v) is 6.28. The third kappa shape index (κ3) is 11.0. The molecule has 2 aromatic heterocycles. The minimum atomic E-state index is -1.50. The van der Waals surface area contributed by atoms with E-state index in [-0.39, 0.29) is 17.1 Å². The van der Waals surface area contributed by atoms with Crippen LogP contribution in [0, 0.1) is 20.2 Å². The molecular weight excluding hydrogens is 631 g/mol. The van der Waals surface area contributed by atoms with Gasteiger partial charge in [-0.3, -0.25) is 0 Å². The highest BCUT2D eigenvalue weighted by Crippen LogP contribution is 2.40. The summed E-state index contributed by atoms with van der Waals surface area (Å²) in [6.07, 6.45) is 8.86. The molecule has 5 rings (SSSR count). The Morgan fingerprint density at radius 3 is 2.27 bits per heavy atom. The lowest BCUT2D eigenvalue weighted by Gasteiger charge is -2.30. The van der Waals surface area contributed by atoms with Crippen LogP contribution in [0.4, 0.5) is 0 Å². The summed E-state index contributed by atoms with van der Waals surface area (Å²) in [6.45, 7) is 4.06. The zero-order valence-electron chi connectivity index (χ0n) is 23.0. The van der Waals surface area contributed by atoms with Crippen LogP contribution in [0.2, 0.25) is 10.0 Å². The van der Waals surface area contributed by atoms with Crippen LogP contribution < -0.4 is 4.74 Å². The van der Waals surface area contributed by atoms with E-state index >= 15 is 0 Å². The van der Waals surface area contributed by atoms with Gasteiger partial charge in [0.15, 0.2) is 0 Å². The number of aryl methyl sites for hydroxylation is 1. The van der Waals surface area contributed by atoms with Gasteiger partial charge in [-0.2, -0.15) is 0 Å². The van der Waals surface area contributed by atoms with Crippen LogP contribution in [0.3, 0.4) is 0 Å². The van der Waals surface area contributed by atoms with Gasteiger partial charge in [-0.05, 0) is 43.3 Å². The van der Waals surface area contributed by atoms with Crippen molar-refractivity contribution in [3.63, 3.8) is 0 Å². The molecule has 1 aliphatic rings. The number of nitrogens with zero attached hydrogens (tertiary/aromatic N) is 6. The van der Waals surface area contributed by atoms with Crippen LogP contribution >= 0.6 is 23.2 Å². The minimum absolute atomic E-state index is 0. The first-order valence-corrected chi connectivity index (χ1v) is 12.9. The molecule has 3 heterocycles. The molecule has 1 saturated heterocycles. The van der Waals surface area contributed by atoms with Crippen LogP contribution in [0.25, 0.3) is 11.3 Å². The van der Waals surface area contributed by atoms with E-state index in [0.717, 1.165) is 23.6 Å². The first-order valence-electron chi connectivity index (χ1n) is 12.2. The highest BCUT2D eigenvalue weighted by Gasteiger charge is 2.45. The minimum Gasteiger partial charge on any atom is -0.491 e. The van der Waals surface area contributed by atoms with E-state index in [2.05, 4.69) is 16.9 Å². The Hall–Kier alpha value is -4.52. The number of hydrogen-bond acceptors (Lipinski definition) is 9. The lowest BCUT2D eigenvalue weighted by atomic mass is 10.1. The summed E-state index contributed by atoms with van der Waals surface area (Å²) in [4.78, 5) is 25.3. The maximum atomic E-state index is 8.36.